The number of hydrogen-bond donors (Lipinski definition) is 1. The van der Waals surface area contributed by atoms with Crippen LogP contribution < -0.4 is 10.1 Å². The van der Waals surface area contributed by atoms with E-state index in [1.807, 2.05) is 24.3 Å². The highest BCUT2D eigenvalue weighted by molar-refractivity contribution is 5.92. The average Bonchev–Trinajstić information content (AvgIpc) is 2.85. The van der Waals surface area contributed by atoms with Crippen molar-refractivity contribution in [1.29, 1.82) is 0 Å². The largest absolute Gasteiger partial charge is 0.497 e. The summed E-state index contributed by atoms with van der Waals surface area (Å²) in [5.74, 6) is 0.0798. The molecule has 1 aliphatic rings. The van der Waals surface area contributed by atoms with Gasteiger partial charge in [0, 0.05) is 30.9 Å². The number of carbonyl (C=O) groups is 1. The molecule has 8 heteroatoms. The van der Waals surface area contributed by atoms with Gasteiger partial charge in [-0.05, 0) is 73.5 Å². The Morgan fingerprint density at radius 3 is 1.92 bits per heavy atom. The van der Waals surface area contributed by atoms with Gasteiger partial charge in [-0.25, -0.2) is 8.78 Å². The van der Waals surface area contributed by atoms with E-state index in [9.17, 15) is 13.6 Å². The summed E-state index contributed by atoms with van der Waals surface area (Å²) in [4.78, 5) is 17.3. The summed E-state index contributed by atoms with van der Waals surface area (Å²) in [5.41, 5.74) is 2.62. The fourth-order valence-corrected chi connectivity index (χ4v) is 4.73. The fourth-order valence-electron chi connectivity index (χ4n) is 4.73. The SMILES string of the molecule is COc1ccc(NC(=O)CN2CC(C)N(C(c3ccc(F)cc3)c3ccc(F)cc3)CC2C)cc1.Cl. The molecule has 1 heterocycles. The van der Waals surface area contributed by atoms with Crippen LogP contribution in [0, 0.1) is 11.6 Å². The van der Waals surface area contributed by atoms with Gasteiger partial charge in [-0.2, -0.15) is 0 Å². The van der Waals surface area contributed by atoms with Crippen LogP contribution in [-0.2, 0) is 4.79 Å². The number of nitrogens with zero attached hydrogens (tertiary/aromatic N) is 2. The number of hydrogen-bond acceptors (Lipinski definition) is 4. The Morgan fingerprint density at radius 1 is 0.889 bits per heavy atom. The third-order valence-electron chi connectivity index (χ3n) is 6.59. The van der Waals surface area contributed by atoms with Crippen LogP contribution in [0.15, 0.2) is 72.8 Å². The lowest BCUT2D eigenvalue weighted by molar-refractivity contribution is -0.119. The first kappa shape index (κ1) is 27.6. The maximum absolute atomic E-state index is 13.6. The van der Waals surface area contributed by atoms with Gasteiger partial charge in [-0.3, -0.25) is 14.6 Å². The molecule has 1 fully saturated rings. The highest BCUT2D eigenvalue weighted by Gasteiger charge is 2.35. The predicted molar refractivity (Wildman–Crippen MR) is 141 cm³/mol. The van der Waals surface area contributed by atoms with Crippen molar-refractivity contribution in [3.05, 3.63) is 95.6 Å². The second kappa shape index (κ2) is 12.3. The first-order valence-corrected chi connectivity index (χ1v) is 11.8. The van der Waals surface area contributed by atoms with Crippen LogP contribution in [0.5, 0.6) is 5.75 Å². The second-order valence-electron chi connectivity index (χ2n) is 9.11. The van der Waals surface area contributed by atoms with Gasteiger partial charge in [-0.1, -0.05) is 24.3 Å². The maximum atomic E-state index is 13.6. The molecule has 3 aromatic carbocycles. The van der Waals surface area contributed by atoms with Gasteiger partial charge in [-0.15, -0.1) is 12.4 Å². The minimum absolute atomic E-state index is 0. The standard InChI is InChI=1S/C28H31F2N3O2.ClH/c1-19-17-33(28(21-4-8-23(29)9-5-21)22-6-10-24(30)11-7-22)20(2)16-32(19)18-27(34)31-25-12-14-26(35-3)15-13-25;/h4-15,19-20,28H,16-18H2,1-3H3,(H,31,34);1H. The molecule has 1 saturated heterocycles. The molecule has 1 amide bonds. The van der Waals surface area contributed by atoms with Crippen LogP contribution in [0.3, 0.4) is 0 Å². The van der Waals surface area contributed by atoms with Gasteiger partial charge < -0.3 is 10.1 Å². The number of methoxy groups -OCH3 is 1. The molecule has 4 rings (SSSR count). The molecule has 1 aliphatic heterocycles. The fraction of sp³-hybridized carbons (Fsp3) is 0.321. The summed E-state index contributed by atoms with van der Waals surface area (Å²) < 4.78 is 32.4. The molecule has 0 bridgehead atoms. The van der Waals surface area contributed by atoms with E-state index in [1.54, 1.807) is 31.4 Å². The molecule has 0 aliphatic carbocycles. The zero-order valence-electron chi connectivity index (χ0n) is 20.7. The lowest BCUT2D eigenvalue weighted by atomic mass is 9.93. The van der Waals surface area contributed by atoms with E-state index in [2.05, 4.69) is 29.0 Å². The summed E-state index contributed by atoms with van der Waals surface area (Å²) in [7, 11) is 1.60. The number of piperazine rings is 1. The summed E-state index contributed by atoms with van der Waals surface area (Å²) in [6.45, 7) is 5.90. The Morgan fingerprint density at radius 2 is 1.42 bits per heavy atom. The minimum atomic E-state index is -0.291. The lowest BCUT2D eigenvalue weighted by Gasteiger charge is -2.47. The van der Waals surface area contributed by atoms with Crippen molar-refractivity contribution in [3.8, 4) is 5.75 Å². The van der Waals surface area contributed by atoms with Crippen molar-refractivity contribution < 1.29 is 18.3 Å². The minimum Gasteiger partial charge on any atom is -0.497 e. The van der Waals surface area contributed by atoms with Gasteiger partial charge >= 0.3 is 0 Å². The molecular formula is C28H32ClF2N3O2. The Kier molecular flexibility index (Phi) is 9.43. The molecule has 36 heavy (non-hydrogen) atoms. The van der Waals surface area contributed by atoms with Crippen molar-refractivity contribution in [2.75, 3.05) is 32.1 Å². The maximum Gasteiger partial charge on any atom is 0.238 e. The van der Waals surface area contributed by atoms with Crippen LogP contribution in [0.1, 0.15) is 31.0 Å². The van der Waals surface area contributed by atoms with Crippen LogP contribution in [0.25, 0.3) is 0 Å². The van der Waals surface area contributed by atoms with Gasteiger partial charge in [0.15, 0.2) is 0 Å². The number of rotatable bonds is 7. The smallest absolute Gasteiger partial charge is 0.238 e. The summed E-state index contributed by atoms with van der Waals surface area (Å²) in [5, 5.41) is 2.95. The van der Waals surface area contributed by atoms with E-state index in [1.165, 1.54) is 24.3 Å². The van der Waals surface area contributed by atoms with Crippen LogP contribution in [0.4, 0.5) is 14.5 Å². The van der Waals surface area contributed by atoms with Crippen molar-refractivity contribution in [2.45, 2.75) is 32.0 Å². The van der Waals surface area contributed by atoms with E-state index in [0.29, 0.717) is 13.1 Å². The third-order valence-corrected chi connectivity index (χ3v) is 6.59. The van der Waals surface area contributed by atoms with Gasteiger partial charge in [0.05, 0.1) is 19.7 Å². The molecule has 2 atom stereocenters. The predicted octanol–water partition coefficient (Wildman–Crippen LogP) is 5.52. The molecular weight excluding hydrogens is 484 g/mol. The average molecular weight is 516 g/mol. The Labute approximate surface area is 217 Å². The highest BCUT2D eigenvalue weighted by Crippen LogP contribution is 2.33. The van der Waals surface area contributed by atoms with Gasteiger partial charge in [0.1, 0.15) is 17.4 Å². The highest BCUT2D eigenvalue weighted by atomic mass is 35.5. The molecule has 0 aromatic heterocycles. The normalized spacial score (nSPS) is 18.5. The van der Waals surface area contributed by atoms with Gasteiger partial charge in [0.25, 0.3) is 0 Å². The van der Waals surface area contributed by atoms with Crippen molar-refractivity contribution in [1.82, 2.24) is 9.80 Å². The van der Waals surface area contributed by atoms with E-state index in [4.69, 9.17) is 4.74 Å². The molecule has 0 spiro atoms. The van der Waals surface area contributed by atoms with Crippen molar-refractivity contribution in [2.24, 2.45) is 0 Å². The van der Waals surface area contributed by atoms with E-state index < -0.39 is 0 Å². The quantitative estimate of drug-likeness (QED) is 0.450. The monoisotopic (exact) mass is 515 g/mol. The Hall–Kier alpha value is -3.00. The summed E-state index contributed by atoms with van der Waals surface area (Å²) in [6, 6.07) is 20.3. The number of anilines is 1. The number of carbonyl (C=O) groups excluding carboxylic acids is 1. The molecule has 5 nitrogen and oxygen atoms in total. The van der Waals surface area contributed by atoms with Crippen LogP contribution in [-0.4, -0.2) is 54.5 Å². The van der Waals surface area contributed by atoms with Crippen molar-refractivity contribution >= 4 is 24.0 Å². The number of benzene rings is 3. The van der Waals surface area contributed by atoms with Crippen LogP contribution >= 0.6 is 12.4 Å². The molecule has 192 valence electrons. The first-order chi connectivity index (χ1) is 16.8. The van der Waals surface area contributed by atoms with Gasteiger partial charge in [0.2, 0.25) is 5.91 Å². The first-order valence-electron chi connectivity index (χ1n) is 11.8. The van der Waals surface area contributed by atoms with E-state index in [-0.39, 0.29) is 54.6 Å². The molecule has 1 N–H and O–H groups in total. The Bertz CT molecular complexity index is 1080. The molecule has 2 unspecified atom stereocenters. The van der Waals surface area contributed by atoms with E-state index >= 15 is 0 Å². The zero-order valence-corrected chi connectivity index (χ0v) is 21.5. The number of nitrogens with one attached hydrogen (secondary N) is 1. The van der Waals surface area contributed by atoms with E-state index in [0.717, 1.165) is 22.6 Å². The van der Waals surface area contributed by atoms with Crippen molar-refractivity contribution in [3.63, 3.8) is 0 Å². The zero-order chi connectivity index (χ0) is 24.9. The number of amides is 1. The van der Waals surface area contributed by atoms with Crippen LogP contribution in [0.2, 0.25) is 0 Å². The lowest BCUT2D eigenvalue weighted by Crippen LogP contribution is -2.58. The number of ether oxygens (including phenoxy) is 1. The Balaban J connectivity index is 0.00000361. The summed E-state index contributed by atoms with van der Waals surface area (Å²) >= 11 is 0. The molecule has 0 radical (unpaired) electrons. The molecule has 0 saturated carbocycles. The number of halogens is 3. The summed E-state index contributed by atoms with van der Waals surface area (Å²) in [6.07, 6.45) is 0. The third kappa shape index (κ3) is 6.60. The topological polar surface area (TPSA) is 44.8 Å². The second-order valence-corrected chi connectivity index (χ2v) is 9.11. The molecule has 3 aromatic rings.